The lowest BCUT2D eigenvalue weighted by Crippen LogP contribution is -2.69. The molecule has 6 nitrogen and oxygen atoms in total. The fourth-order valence-corrected chi connectivity index (χ4v) is 9.02. The zero-order valence-corrected chi connectivity index (χ0v) is 20.1. The number of allylic oxidation sites excluding steroid dienone is 4. The van der Waals surface area contributed by atoms with Crippen molar-refractivity contribution in [2.24, 2.45) is 22.7 Å². The molecule has 2 N–H and O–H groups in total. The standard InChI is InChI=1S/C24H31BrO6/c1-20(2)30-19-10-16-15-6-5-13-9-14(27)7-8-21(13,3)23(15,25)17(28)11-22(16,4)24(19,31-20)18(29)12-26/h7-9,15-17,19,26,28H,5-6,10-12H2,1-4H3/t15-,16-,17-,19?,21-,22-,23-,24?/m0/s1. The van der Waals surface area contributed by atoms with Gasteiger partial charge in [0.15, 0.2) is 23.0 Å². The molecule has 2 unspecified atom stereocenters. The number of halogens is 1. The van der Waals surface area contributed by atoms with Gasteiger partial charge in [0, 0.05) is 10.8 Å². The second kappa shape index (κ2) is 6.38. The molecule has 4 aliphatic carbocycles. The molecular formula is C24H31BrO6. The summed E-state index contributed by atoms with van der Waals surface area (Å²) < 4.78 is 11.9. The molecule has 1 aliphatic heterocycles. The molecular weight excluding hydrogens is 464 g/mol. The Morgan fingerprint density at radius 3 is 2.65 bits per heavy atom. The highest BCUT2D eigenvalue weighted by molar-refractivity contribution is 9.10. The van der Waals surface area contributed by atoms with Gasteiger partial charge in [-0.05, 0) is 63.5 Å². The number of rotatable bonds is 2. The minimum atomic E-state index is -1.28. The second-order valence-electron chi connectivity index (χ2n) is 10.9. The van der Waals surface area contributed by atoms with Crippen molar-refractivity contribution in [1.82, 2.24) is 0 Å². The summed E-state index contributed by atoms with van der Waals surface area (Å²) in [7, 11) is 0. The van der Waals surface area contributed by atoms with Gasteiger partial charge in [-0.1, -0.05) is 41.4 Å². The van der Waals surface area contributed by atoms with E-state index in [2.05, 4.69) is 22.9 Å². The maximum atomic E-state index is 13.2. The molecule has 1 heterocycles. The summed E-state index contributed by atoms with van der Waals surface area (Å²) in [6.45, 7) is 7.10. The van der Waals surface area contributed by atoms with Crippen LogP contribution in [0.25, 0.3) is 0 Å². The van der Waals surface area contributed by atoms with Crippen LogP contribution >= 0.6 is 15.9 Å². The zero-order chi connectivity index (χ0) is 22.6. The molecule has 1 saturated heterocycles. The summed E-state index contributed by atoms with van der Waals surface area (Å²) in [5, 5.41) is 21.6. The lowest BCUT2D eigenvalue weighted by atomic mass is 9.46. The van der Waals surface area contributed by atoms with Gasteiger partial charge in [-0.15, -0.1) is 0 Å². The van der Waals surface area contributed by atoms with Gasteiger partial charge in [0.05, 0.1) is 16.5 Å². The van der Waals surface area contributed by atoms with E-state index < -0.39 is 45.4 Å². The van der Waals surface area contributed by atoms with E-state index in [1.54, 1.807) is 26.0 Å². The van der Waals surface area contributed by atoms with Crippen molar-refractivity contribution in [1.29, 1.82) is 0 Å². The highest BCUT2D eigenvalue weighted by atomic mass is 79.9. The molecule has 31 heavy (non-hydrogen) atoms. The van der Waals surface area contributed by atoms with Crippen LogP contribution in [0.1, 0.15) is 53.4 Å². The van der Waals surface area contributed by atoms with E-state index in [4.69, 9.17) is 9.47 Å². The van der Waals surface area contributed by atoms with Crippen LogP contribution < -0.4 is 0 Å². The molecule has 170 valence electrons. The van der Waals surface area contributed by atoms with Gasteiger partial charge in [0.1, 0.15) is 6.61 Å². The van der Waals surface area contributed by atoms with E-state index >= 15 is 0 Å². The molecule has 0 spiro atoms. The first-order valence-corrected chi connectivity index (χ1v) is 12.0. The number of Topliss-reactive ketones (excluding diaryl/α,β-unsaturated/α-hetero) is 1. The van der Waals surface area contributed by atoms with Gasteiger partial charge >= 0.3 is 0 Å². The number of ketones is 2. The van der Waals surface area contributed by atoms with Crippen LogP contribution in [0.15, 0.2) is 23.8 Å². The predicted molar refractivity (Wildman–Crippen MR) is 116 cm³/mol. The molecule has 0 amide bonds. The van der Waals surface area contributed by atoms with Crippen LogP contribution in [0.4, 0.5) is 0 Å². The van der Waals surface area contributed by atoms with Gasteiger partial charge < -0.3 is 19.7 Å². The number of alkyl halides is 1. The maximum absolute atomic E-state index is 13.2. The third kappa shape index (κ3) is 2.42. The number of carbonyl (C=O) groups excluding carboxylic acids is 2. The van der Waals surface area contributed by atoms with Gasteiger partial charge in [0.2, 0.25) is 0 Å². The molecule has 0 aromatic rings. The molecule has 0 aromatic carbocycles. The number of fused-ring (bicyclic) bond motifs is 7. The van der Waals surface area contributed by atoms with E-state index in [-0.39, 0.29) is 23.4 Å². The maximum Gasteiger partial charge on any atom is 0.193 e. The van der Waals surface area contributed by atoms with Gasteiger partial charge in [-0.3, -0.25) is 9.59 Å². The predicted octanol–water partition coefficient (Wildman–Crippen LogP) is 2.84. The first kappa shape index (κ1) is 22.0. The summed E-state index contributed by atoms with van der Waals surface area (Å²) in [4.78, 5) is 25.3. The third-order valence-electron chi connectivity index (χ3n) is 9.19. The Labute approximate surface area is 191 Å². The number of hydrogen-bond acceptors (Lipinski definition) is 6. The smallest absolute Gasteiger partial charge is 0.193 e. The van der Waals surface area contributed by atoms with Crippen molar-refractivity contribution in [2.45, 2.75) is 81.3 Å². The Hall–Kier alpha value is -0.860. The highest BCUT2D eigenvalue weighted by Gasteiger charge is 2.79. The molecule has 0 bridgehead atoms. The molecule has 3 saturated carbocycles. The molecule has 4 fully saturated rings. The highest BCUT2D eigenvalue weighted by Crippen LogP contribution is 2.73. The van der Waals surface area contributed by atoms with Gasteiger partial charge in [0.25, 0.3) is 0 Å². The molecule has 5 aliphatic rings. The van der Waals surface area contributed by atoms with E-state index in [1.807, 2.05) is 13.0 Å². The van der Waals surface area contributed by atoms with Crippen molar-refractivity contribution in [2.75, 3.05) is 6.61 Å². The minimum absolute atomic E-state index is 0.0101. The second-order valence-corrected chi connectivity index (χ2v) is 12.2. The molecule has 7 heteroatoms. The van der Waals surface area contributed by atoms with Gasteiger partial charge in [-0.2, -0.15) is 0 Å². The first-order chi connectivity index (χ1) is 14.4. The molecule has 0 radical (unpaired) electrons. The van der Waals surface area contributed by atoms with E-state index in [9.17, 15) is 19.8 Å². The van der Waals surface area contributed by atoms with Crippen LogP contribution in [-0.4, -0.2) is 56.3 Å². The molecule has 5 rings (SSSR count). The lowest BCUT2D eigenvalue weighted by Gasteiger charge is -2.64. The van der Waals surface area contributed by atoms with Crippen LogP contribution in [0.2, 0.25) is 0 Å². The van der Waals surface area contributed by atoms with E-state index in [1.165, 1.54) is 0 Å². The SMILES string of the molecule is CC1(C)OC2C[C@H]3[C@@H]4CCC5=CC(=O)C=C[C@]5(C)[C@@]4(Br)[C@@H](O)C[C@]3(C)C2(C(=O)CO)O1. The largest absolute Gasteiger partial charge is 0.392 e. The number of aliphatic hydroxyl groups excluding tert-OH is 2. The Morgan fingerprint density at radius 1 is 1.26 bits per heavy atom. The monoisotopic (exact) mass is 494 g/mol. The van der Waals surface area contributed by atoms with Crippen LogP contribution in [0.3, 0.4) is 0 Å². The normalized spacial score (nSPS) is 52.1. The summed E-state index contributed by atoms with van der Waals surface area (Å²) in [6, 6.07) is 0. The van der Waals surface area contributed by atoms with Crippen LogP contribution in [0.5, 0.6) is 0 Å². The molecule has 0 aromatic heterocycles. The summed E-state index contributed by atoms with van der Waals surface area (Å²) in [5.74, 6) is -1.21. The number of ether oxygens (including phenoxy) is 2. The Morgan fingerprint density at radius 2 is 1.97 bits per heavy atom. The quantitative estimate of drug-likeness (QED) is 0.573. The minimum Gasteiger partial charge on any atom is -0.392 e. The van der Waals surface area contributed by atoms with Crippen molar-refractivity contribution >= 4 is 27.5 Å². The van der Waals surface area contributed by atoms with Crippen LogP contribution in [-0.2, 0) is 19.1 Å². The van der Waals surface area contributed by atoms with Gasteiger partial charge in [-0.25, -0.2) is 0 Å². The van der Waals surface area contributed by atoms with Crippen LogP contribution in [0, 0.1) is 22.7 Å². The Kier molecular flexibility index (Phi) is 4.52. The van der Waals surface area contributed by atoms with E-state index in [0.29, 0.717) is 12.8 Å². The number of aliphatic hydroxyl groups is 2. The summed E-state index contributed by atoms with van der Waals surface area (Å²) >= 11 is 4.02. The first-order valence-electron chi connectivity index (χ1n) is 11.2. The average molecular weight is 495 g/mol. The Balaban J connectivity index is 1.64. The van der Waals surface area contributed by atoms with Crippen molar-refractivity contribution in [3.05, 3.63) is 23.8 Å². The van der Waals surface area contributed by atoms with E-state index in [0.717, 1.165) is 18.4 Å². The summed E-state index contributed by atoms with van der Waals surface area (Å²) in [6.07, 6.45) is 6.55. The fraction of sp³-hybridized carbons (Fsp3) is 0.750. The number of carbonyl (C=O) groups is 2. The summed E-state index contributed by atoms with van der Waals surface area (Å²) in [5.41, 5.74) is -1.42. The Bertz CT molecular complexity index is 925. The molecule has 8 atom stereocenters. The van der Waals surface area contributed by atoms with Crippen molar-refractivity contribution in [3.8, 4) is 0 Å². The average Bonchev–Trinajstić information content (AvgIpc) is 3.09. The fourth-order valence-electron chi connectivity index (χ4n) is 7.93. The van der Waals surface area contributed by atoms with Crippen molar-refractivity contribution in [3.63, 3.8) is 0 Å². The van der Waals surface area contributed by atoms with Crippen molar-refractivity contribution < 1.29 is 29.3 Å². The number of hydrogen-bond donors (Lipinski definition) is 2. The third-order valence-corrected chi connectivity index (χ3v) is 11.1. The lowest BCUT2D eigenvalue weighted by molar-refractivity contribution is -0.221. The topological polar surface area (TPSA) is 93.1 Å². The zero-order valence-electron chi connectivity index (χ0n) is 18.5.